The molecule has 128 valence electrons. The van der Waals surface area contributed by atoms with E-state index in [0.29, 0.717) is 18.1 Å². The van der Waals surface area contributed by atoms with Crippen LogP contribution in [0.15, 0.2) is 24.3 Å². The van der Waals surface area contributed by atoms with Crippen LogP contribution in [0.3, 0.4) is 0 Å². The van der Waals surface area contributed by atoms with Gasteiger partial charge >= 0.3 is 5.97 Å². The van der Waals surface area contributed by atoms with Gasteiger partial charge in [-0.05, 0) is 61.3 Å². The number of carbonyl (C=O) groups excluding carboxylic acids is 1. The molecular formula is C20H29FO2. The molecular weight excluding hydrogens is 291 g/mol. The molecule has 1 fully saturated rings. The lowest BCUT2D eigenvalue weighted by atomic mass is 9.73. The summed E-state index contributed by atoms with van der Waals surface area (Å²) >= 11 is 0. The van der Waals surface area contributed by atoms with Crippen molar-refractivity contribution in [3.05, 3.63) is 30.1 Å². The standard InChI is InChI=1S/C20H29FO2/c1-3-4-16(17-7-5-15(2)6-8-17)9-14-20(22)23-19-12-10-18(21)11-13-19/h10-13,15-17H,3-9,14H2,1-2H3. The van der Waals surface area contributed by atoms with Crippen LogP contribution < -0.4 is 4.74 Å². The van der Waals surface area contributed by atoms with Gasteiger partial charge < -0.3 is 4.74 Å². The largest absolute Gasteiger partial charge is 0.427 e. The summed E-state index contributed by atoms with van der Waals surface area (Å²) in [6.45, 7) is 4.56. The average Bonchev–Trinajstić information content (AvgIpc) is 2.54. The molecule has 1 aromatic carbocycles. The molecule has 0 aromatic heterocycles. The van der Waals surface area contributed by atoms with Gasteiger partial charge in [0.2, 0.25) is 0 Å². The van der Waals surface area contributed by atoms with Crippen molar-refractivity contribution in [2.45, 2.75) is 65.2 Å². The molecule has 0 aliphatic heterocycles. The predicted molar refractivity (Wildman–Crippen MR) is 90.8 cm³/mol. The Morgan fingerprint density at radius 2 is 1.83 bits per heavy atom. The highest BCUT2D eigenvalue weighted by molar-refractivity contribution is 5.72. The van der Waals surface area contributed by atoms with Crippen LogP contribution in [0.25, 0.3) is 0 Å². The fourth-order valence-electron chi connectivity index (χ4n) is 3.73. The summed E-state index contributed by atoms with van der Waals surface area (Å²) in [6.07, 6.45) is 8.99. The van der Waals surface area contributed by atoms with E-state index >= 15 is 0 Å². The molecule has 2 rings (SSSR count). The van der Waals surface area contributed by atoms with Crippen LogP contribution in [0.1, 0.15) is 65.2 Å². The minimum absolute atomic E-state index is 0.207. The van der Waals surface area contributed by atoms with E-state index in [9.17, 15) is 9.18 Å². The van der Waals surface area contributed by atoms with Crippen LogP contribution in [0.2, 0.25) is 0 Å². The first-order valence-corrected chi connectivity index (χ1v) is 9.04. The fraction of sp³-hybridized carbons (Fsp3) is 0.650. The Morgan fingerprint density at radius 3 is 2.43 bits per heavy atom. The van der Waals surface area contributed by atoms with Gasteiger partial charge in [-0.1, -0.05) is 39.5 Å². The van der Waals surface area contributed by atoms with Crippen molar-refractivity contribution in [1.29, 1.82) is 0 Å². The predicted octanol–water partition coefficient (Wildman–Crippen LogP) is 5.75. The van der Waals surface area contributed by atoms with Gasteiger partial charge in [-0.25, -0.2) is 4.39 Å². The van der Waals surface area contributed by atoms with Gasteiger partial charge in [0.05, 0.1) is 0 Å². The summed E-state index contributed by atoms with van der Waals surface area (Å²) in [5.74, 6) is 2.16. The van der Waals surface area contributed by atoms with E-state index in [-0.39, 0.29) is 11.8 Å². The highest BCUT2D eigenvalue weighted by Gasteiger charge is 2.26. The first-order chi connectivity index (χ1) is 11.1. The second-order valence-corrected chi connectivity index (χ2v) is 7.04. The highest BCUT2D eigenvalue weighted by atomic mass is 19.1. The van der Waals surface area contributed by atoms with E-state index in [1.165, 1.54) is 62.8 Å². The van der Waals surface area contributed by atoms with E-state index in [0.717, 1.165) is 18.3 Å². The summed E-state index contributed by atoms with van der Waals surface area (Å²) < 4.78 is 18.2. The van der Waals surface area contributed by atoms with Crippen LogP contribution in [0.4, 0.5) is 4.39 Å². The van der Waals surface area contributed by atoms with E-state index in [4.69, 9.17) is 4.74 Å². The molecule has 0 saturated heterocycles. The van der Waals surface area contributed by atoms with Crippen molar-refractivity contribution >= 4 is 5.97 Å². The second-order valence-electron chi connectivity index (χ2n) is 7.04. The number of carbonyl (C=O) groups is 1. The average molecular weight is 320 g/mol. The number of hydrogen-bond acceptors (Lipinski definition) is 2. The van der Waals surface area contributed by atoms with Crippen LogP contribution in [-0.4, -0.2) is 5.97 Å². The smallest absolute Gasteiger partial charge is 0.311 e. The van der Waals surface area contributed by atoms with Gasteiger partial charge in [0.25, 0.3) is 0 Å². The Labute approximate surface area is 139 Å². The lowest BCUT2D eigenvalue weighted by Crippen LogP contribution is -2.22. The van der Waals surface area contributed by atoms with Gasteiger partial charge in [-0.15, -0.1) is 0 Å². The van der Waals surface area contributed by atoms with Crippen molar-refractivity contribution < 1.29 is 13.9 Å². The molecule has 23 heavy (non-hydrogen) atoms. The number of benzene rings is 1. The van der Waals surface area contributed by atoms with E-state index in [2.05, 4.69) is 13.8 Å². The fourth-order valence-corrected chi connectivity index (χ4v) is 3.73. The first kappa shape index (κ1) is 18.0. The van der Waals surface area contributed by atoms with Crippen molar-refractivity contribution in [3.63, 3.8) is 0 Å². The third-order valence-electron chi connectivity index (χ3n) is 5.15. The molecule has 0 N–H and O–H groups in total. The summed E-state index contributed by atoms with van der Waals surface area (Å²) in [5.41, 5.74) is 0. The summed E-state index contributed by atoms with van der Waals surface area (Å²) in [7, 11) is 0. The van der Waals surface area contributed by atoms with E-state index in [1.807, 2.05) is 0 Å². The Kier molecular flexibility index (Phi) is 7.07. The van der Waals surface area contributed by atoms with Gasteiger partial charge in [0.1, 0.15) is 11.6 Å². The summed E-state index contributed by atoms with van der Waals surface area (Å²) in [4.78, 5) is 12.0. The second kappa shape index (κ2) is 9.05. The Bertz CT molecular complexity index is 475. The van der Waals surface area contributed by atoms with Gasteiger partial charge in [-0.3, -0.25) is 4.79 Å². The Balaban J connectivity index is 1.80. The number of hydrogen-bond donors (Lipinski definition) is 0. The molecule has 2 nitrogen and oxygen atoms in total. The topological polar surface area (TPSA) is 26.3 Å². The lowest BCUT2D eigenvalue weighted by molar-refractivity contribution is -0.134. The maximum absolute atomic E-state index is 12.9. The third kappa shape index (κ3) is 5.96. The molecule has 1 aliphatic rings. The molecule has 3 heteroatoms. The zero-order valence-electron chi connectivity index (χ0n) is 14.4. The molecule has 0 bridgehead atoms. The van der Waals surface area contributed by atoms with Crippen molar-refractivity contribution in [2.24, 2.45) is 17.8 Å². The maximum atomic E-state index is 12.9. The van der Waals surface area contributed by atoms with Crippen LogP contribution in [-0.2, 0) is 4.79 Å². The van der Waals surface area contributed by atoms with Crippen LogP contribution >= 0.6 is 0 Å². The van der Waals surface area contributed by atoms with Crippen molar-refractivity contribution in [3.8, 4) is 5.75 Å². The maximum Gasteiger partial charge on any atom is 0.311 e. The minimum Gasteiger partial charge on any atom is -0.427 e. The number of halogens is 1. The lowest BCUT2D eigenvalue weighted by Gasteiger charge is -2.32. The van der Waals surface area contributed by atoms with Crippen LogP contribution in [0.5, 0.6) is 5.75 Å². The molecule has 1 aliphatic carbocycles. The summed E-state index contributed by atoms with van der Waals surface area (Å²) in [6, 6.07) is 5.62. The zero-order chi connectivity index (χ0) is 16.7. The van der Waals surface area contributed by atoms with E-state index < -0.39 is 0 Å². The summed E-state index contributed by atoms with van der Waals surface area (Å²) in [5, 5.41) is 0. The Hall–Kier alpha value is -1.38. The molecule has 1 aromatic rings. The minimum atomic E-state index is -0.320. The number of rotatable bonds is 7. The monoisotopic (exact) mass is 320 g/mol. The molecule has 0 spiro atoms. The Morgan fingerprint density at radius 1 is 1.17 bits per heavy atom. The van der Waals surface area contributed by atoms with Gasteiger partial charge in [0.15, 0.2) is 0 Å². The zero-order valence-corrected chi connectivity index (χ0v) is 14.4. The van der Waals surface area contributed by atoms with Crippen molar-refractivity contribution in [2.75, 3.05) is 0 Å². The SMILES string of the molecule is CCCC(CCC(=O)Oc1ccc(F)cc1)C1CCC(C)CC1. The molecule has 0 amide bonds. The van der Waals surface area contributed by atoms with Crippen LogP contribution in [0, 0.1) is 23.6 Å². The van der Waals surface area contributed by atoms with Gasteiger partial charge in [0, 0.05) is 6.42 Å². The normalized spacial score (nSPS) is 22.6. The molecule has 1 atom stereocenters. The molecule has 0 heterocycles. The molecule has 0 radical (unpaired) electrons. The first-order valence-electron chi connectivity index (χ1n) is 9.04. The highest BCUT2D eigenvalue weighted by Crippen LogP contribution is 2.37. The van der Waals surface area contributed by atoms with E-state index in [1.54, 1.807) is 0 Å². The van der Waals surface area contributed by atoms with Crippen molar-refractivity contribution in [1.82, 2.24) is 0 Å². The third-order valence-corrected chi connectivity index (χ3v) is 5.15. The molecule has 1 saturated carbocycles. The van der Waals surface area contributed by atoms with Gasteiger partial charge in [-0.2, -0.15) is 0 Å². The number of ether oxygens (including phenoxy) is 1. The quantitative estimate of drug-likeness (QED) is 0.472. The number of esters is 1. The molecule has 1 unspecified atom stereocenters.